The van der Waals surface area contributed by atoms with Gasteiger partial charge in [0, 0.05) is 19.1 Å². The second-order valence-corrected chi connectivity index (χ2v) is 4.62. The molecule has 0 saturated carbocycles. The second kappa shape index (κ2) is 6.25. The zero-order chi connectivity index (χ0) is 11.2. The fraction of sp³-hybridized carbons (Fsp3) is 0.900. The molecule has 84 valence electrons. The molecule has 1 unspecified atom stereocenters. The Hall–Kier alpha value is -0.280. The Morgan fingerprint density at radius 3 is 2.57 bits per heavy atom. The van der Waals surface area contributed by atoms with Crippen molar-refractivity contribution in [3.8, 4) is 0 Å². The molecule has 14 heavy (non-hydrogen) atoms. The van der Waals surface area contributed by atoms with Gasteiger partial charge in [-0.15, -0.1) is 11.6 Å². The maximum absolute atomic E-state index is 11.6. The Kier molecular flexibility index (Phi) is 6.12. The molecule has 0 aromatic carbocycles. The first-order chi connectivity index (χ1) is 6.44. The molecule has 0 aromatic rings. The van der Waals surface area contributed by atoms with Crippen molar-refractivity contribution in [3.63, 3.8) is 0 Å². The number of alkyl halides is 1. The van der Waals surface area contributed by atoms with E-state index in [0.717, 1.165) is 6.42 Å². The number of amides is 1. The van der Waals surface area contributed by atoms with Crippen molar-refractivity contribution in [2.24, 2.45) is 5.41 Å². The molecule has 0 fully saturated rings. The van der Waals surface area contributed by atoms with Gasteiger partial charge in [0.2, 0.25) is 5.91 Å². The molecule has 1 atom stereocenters. The van der Waals surface area contributed by atoms with Crippen molar-refractivity contribution < 1.29 is 9.53 Å². The summed E-state index contributed by atoms with van der Waals surface area (Å²) in [6.07, 6.45) is 0.816. The monoisotopic (exact) mass is 221 g/mol. The number of nitrogens with one attached hydrogen (secondary N) is 1. The van der Waals surface area contributed by atoms with Gasteiger partial charge in [-0.05, 0) is 6.42 Å². The van der Waals surface area contributed by atoms with Crippen LogP contribution < -0.4 is 5.32 Å². The molecule has 0 aliphatic rings. The summed E-state index contributed by atoms with van der Waals surface area (Å²) in [4.78, 5) is 11.6. The summed E-state index contributed by atoms with van der Waals surface area (Å²) in [7, 11) is 1.59. The lowest BCUT2D eigenvalue weighted by Gasteiger charge is -2.22. The molecule has 3 nitrogen and oxygen atoms in total. The minimum atomic E-state index is -0.316. The van der Waals surface area contributed by atoms with E-state index < -0.39 is 0 Å². The molecule has 0 heterocycles. The van der Waals surface area contributed by atoms with Gasteiger partial charge >= 0.3 is 0 Å². The van der Waals surface area contributed by atoms with Crippen molar-refractivity contribution in [3.05, 3.63) is 0 Å². The highest BCUT2D eigenvalue weighted by atomic mass is 35.5. The fourth-order valence-electron chi connectivity index (χ4n) is 0.843. The van der Waals surface area contributed by atoms with Crippen LogP contribution >= 0.6 is 11.6 Å². The smallest absolute Gasteiger partial charge is 0.225 e. The van der Waals surface area contributed by atoms with E-state index in [1.807, 2.05) is 20.8 Å². The van der Waals surface area contributed by atoms with E-state index >= 15 is 0 Å². The highest BCUT2D eigenvalue weighted by Crippen LogP contribution is 2.19. The van der Waals surface area contributed by atoms with E-state index in [-0.39, 0.29) is 16.7 Å². The van der Waals surface area contributed by atoms with Gasteiger partial charge in [-0.1, -0.05) is 20.8 Å². The SMILES string of the molecule is CCC(C)(C)C(=O)NCC(Cl)COC. The van der Waals surface area contributed by atoms with Crippen LogP contribution in [0.1, 0.15) is 27.2 Å². The largest absolute Gasteiger partial charge is 0.383 e. The summed E-state index contributed by atoms with van der Waals surface area (Å²) in [5.41, 5.74) is -0.316. The van der Waals surface area contributed by atoms with Crippen molar-refractivity contribution >= 4 is 17.5 Å². The van der Waals surface area contributed by atoms with Gasteiger partial charge in [0.25, 0.3) is 0 Å². The van der Waals surface area contributed by atoms with Gasteiger partial charge in [-0.25, -0.2) is 0 Å². The average molecular weight is 222 g/mol. The lowest BCUT2D eigenvalue weighted by atomic mass is 9.89. The Morgan fingerprint density at radius 2 is 2.14 bits per heavy atom. The first kappa shape index (κ1) is 13.7. The van der Waals surface area contributed by atoms with E-state index in [4.69, 9.17) is 16.3 Å². The van der Waals surface area contributed by atoms with Crippen LogP contribution in [0, 0.1) is 5.41 Å². The summed E-state index contributed by atoms with van der Waals surface area (Å²) in [5.74, 6) is 0.0433. The van der Waals surface area contributed by atoms with Crippen LogP contribution in [0.2, 0.25) is 0 Å². The molecule has 4 heteroatoms. The molecule has 0 bridgehead atoms. The fourth-order valence-corrected chi connectivity index (χ4v) is 1.05. The molecule has 0 rings (SSSR count). The number of hydrogen-bond acceptors (Lipinski definition) is 2. The van der Waals surface area contributed by atoms with Crippen LogP contribution in [0.5, 0.6) is 0 Å². The van der Waals surface area contributed by atoms with Gasteiger partial charge in [0.1, 0.15) is 0 Å². The lowest BCUT2D eigenvalue weighted by Crippen LogP contribution is -2.40. The minimum Gasteiger partial charge on any atom is -0.383 e. The highest BCUT2D eigenvalue weighted by Gasteiger charge is 2.25. The Balaban J connectivity index is 3.85. The Labute approximate surface area is 91.2 Å². The summed E-state index contributed by atoms with van der Waals surface area (Å²) >= 11 is 5.88. The molecular formula is C10H20ClNO2. The lowest BCUT2D eigenvalue weighted by molar-refractivity contribution is -0.129. The molecule has 0 saturated heterocycles. The van der Waals surface area contributed by atoms with Crippen molar-refractivity contribution in [2.45, 2.75) is 32.6 Å². The van der Waals surface area contributed by atoms with Gasteiger partial charge in [-0.2, -0.15) is 0 Å². The van der Waals surface area contributed by atoms with Gasteiger partial charge < -0.3 is 10.1 Å². The van der Waals surface area contributed by atoms with E-state index in [1.165, 1.54) is 0 Å². The van der Waals surface area contributed by atoms with E-state index in [1.54, 1.807) is 7.11 Å². The number of carbonyl (C=O) groups is 1. The zero-order valence-electron chi connectivity index (χ0n) is 9.39. The molecule has 1 N–H and O–H groups in total. The topological polar surface area (TPSA) is 38.3 Å². The van der Waals surface area contributed by atoms with Crippen LogP contribution in [0.3, 0.4) is 0 Å². The predicted molar refractivity (Wildman–Crippen MR) is 58.6 cm³/mol. The average Bonchev–Trinajstić information content (AvgIpc) is 2.14. The number of hydrogen-bond donors (Lipinski definition) is 1. The summed E-state index contributed by atoms with van der Waals surface area (Å²) in [6.45, 7) is 6.74. The quantitative estimate of drug-likeness (QED) is 0.695. The number of methoxy groups -OCH3 is 1. The summed E-state index contributed by atoms with van der Waals surface area (Å²) in [5, 5.41) is 2.65. The molecule has 0 aliphatic carbocycles. The number of rotatable bonds is 6. The van der Waals surface area contributed by atoms with Crippen molar-refractivity contribution in [2.75, 3.05) is 20.3 Å². The van der Waals surface area contributed by atoms with Crippen LogP contribution in [0.25, 0.3) is 0 Å². The summed E-state index contributed by atoms with van der Waals surface area (Å²) < 4.78 is 4.86. The Bertz CT molecular complexity index is 183. The number of carbonyl (C=O) groups excluding carboxylic acids is 1. The second-order valence-electron chi connectivity index (χ2n) is 4.00. The first-order valence-electron chi connectivity index (χ1n) is 4.85. The first-order valence-corrected chi connectivity index (χ1v) is 5.29. The third-order valence-corrected chi connectivity index (χ3v) is 2.61. The molecule has 0 spiro atoms. The molecule has 0 radical (unpaired) electrons. The van der Waals surface area contributed by atoms with Gasteiger partial charge in [0.15, 0.2) is 0 Å². The maximum atomic E-state index is 11.6. The van der Waals surface area contributed by atoms with E-state index in [0.29, 0.717) is 13.2 Å². The third-order valence-electron chi connectivity index (χ3n) is 2.33. The van der Waals surface area contributed by atoms with Crippen LogP contribution in [0.4, 0.5) is 0 Å². The van der Waals surface area contributed by atoms with Crippen LogP contribution in [-0.2, 0) is 9.53 Å². The predicted octanol–water partition coefficient (Wildman–Crippen LogP) is 1.79. The van der Waals surface area contributed by atoms with Gasteiger partial charge in [0.05, 0.1) is 12.0 Å². The van der Waals surface area contributed by atoms with Crippen molar-refractivity contribution in [1.82, 2.24) is 5.32 Å². The molecule has 1 amide bonds. The normalized spacial score (nSPS) is 13.8. The molecular weight excluding hydrogens is 202 g/mol. The number of halogens is 1. The zero-order valence-corrected chi connectivity index (χ0v) is 10.1. The third kappa shape index (κ3) is 4.82. The van der Waals surface area contributed by atoms with Crippen LogP contribution in [-0.4, -0.2) is 31.5 Å². The highest BCUT2D eigenvalue weighted by molar-refractivity contribution is 6.21. The van der Waals surface area contributed by atoms with E-state index in [9.17, 15) is 4.79 Å². The molecule has 0 aliphatic heterocycles. The Morgan fingerprint density at radius 1 is 1.57 bits per heavy atom. The van der Waals surface area contributed by atoms with E-state index in [2.05, 4.69) is 5.32 Å². The maximum Gasteiger partial charge on any atom is 0.225 e. The van der Waals surface area contributed by atoms with Crippen molar-refractivity contribution in [1.29, 1.82) is 0 Å². The van der Waals surface area contributed by atoms with Crippen LogP contribution in [0.15, 0.2) is 0 Å². The number of ether oxygens (including phenoxy) is 1. The summed E-state index contributed by atoms with van der Waals surface area (Å²) in [6, 6.07) is 0. The standard InChI is InChI=1S/C10H20ClNO2/c1-5-10(2,3)9(13)12-6-8(11)7-14-4/h8H,5-7H2,1-4H3,(H,12,13). The minimum absolute atomic E-state index is 0.0433. The molecule has 0 aromatic heterocycles. The van der Waals surface area contributed by atoms with Gasteiger partial charge in [-0.3, -0.25) is 4.79 Å².